The summed E-state index contributed by atoms with van der Waals surface area (Å²) in [5, 5.41) is 12.0. The summed E-state index contributed by atoms with van der Waals surface area (Å²) < 4.78 is 30.9. The number of aromatic nitrogens is 2. The highest BCUT2D eigenvalue weighted by Crippen LogP contribution is 2.37. The highest BCUT2D eigenvalue weighted by atomic mass is 35.5. The lowest BCUT2D eigenvalue weighted by molar-refractivity contribution is 0.171. The van der Waals surface area contributed by atoms with Gasteiger partial charge >= 0.3 is 0 Å². The van der Waals surface area contributed by atoms with Gasteiger partial charge in [0.05, 0.1) is 0 Å². The van der Waals surface area contributed by atoms with Gasteiger partial charge in [0, 0.05) is 27.9 Å². The molecule has 31 heavy (non-hydrogen) atoms. The third kappa shape index (κ3) is 4.04. The summed E-state index contributed by atoms with van der Waals surface area (Å²) in [6, 6.07) is 18.5. The van der Waals surface area contributed by atoms with Crippen LogP contribution < -0.4 is 14.8 Å². The number of rotatable bonds is 5. The van der Waals surface area contributed by atoms with Crippen LogP contribution in [0.3, 0.4) is 0 Å². The summed E-state index contributed by atoms with van der Waals surface area (Å²) in [6.07, 6.45) is 0. The Morgan fingerprint density at radius 2 is 1.71 bits per heavy atom. The van der Waals surface area contributed by atoms with Crippen molar-refractivity contribution in [3.05, 3.63) is 89.0 Å². The van der Waals surface area contributed by atoms with Gasteiger partial charge in [-0.3, -0.25) is 0 Å². The van der Waals surface area contributed by atoms with Gasteiger partial charge in [0.2, 0.25) is 11.8 Å². The molecule has 0 radical (unpaired) electrons. The van der Waals surface area contributed by atoms with Crippen molar-refractivity contribution in [3.8, 4) is 23.0 Å². The molecule has 6 nitrogen and oxygen atoms in total. The molecule has 0 fully saturated rings. The fourth-order valence-corrected chi connectivity index (χ4v) is 3.63. The van der Waals surface area contributed by atoms with Crippen LogP contribution in [0.15, 0.2) is 71.1 Å². The van der Waals surface area contributed by atoms with E-state index >= 15 is 0 Å². The first-order chi connectivity index (χ1) is 15.2. The van der Waals surface area contributed by atoms with Gasteiger partial charge in [-0.15, -0.1) is 10.2 Å². The number of hydrogen-bond donors (Lipinski definition) is 1. The Bertz CT molecular complexity index is 1220. The van der Waals surface area contributed by atoms with Crippen molar-refractivity contribution in [2.75, 3.05) is 18.5 Å². The summed E-state index contributed by atoms with van der Waals surface area (Å²) in [7, 11) is 0. The van der Waals surface area contributed by atoms with Crippen LogP contribution in [0.1, 0.15) is 17.5 Å². The SMILES string of the molecule is Fc1ccc([C@H](Nc2ccc3c(c2)OCCO3)c2nnc(-c3ccccc3)o2)c(Cl)c1. The second-order valence-electron chi connectivity index (χ2n) is 6.91. The molecule has 0 saturated carbocycles. The Morgan fingerprint density at radius 1 is 0.903 bits per heavy atom. The molecule has 8 heteroatoms. The molecule has 1 N–H and O–H groups in total. The lowest BCUT2D eigenvalue weighted by Gasteiger charge is -2.22. The first-order valence-electron chi connectivity index (χ1n) is 9.67. The first-order valence-corrected chi connectivity index (χ1v) is 10.0. The number of hydrogen-bond acceptors (Lipinski definition) is 6. The minimum atomic E-state index is -0.611. The van der Waals surface area contributed by atoms with Gasteiger partial charge < -0.3 is 19.2 Å². The molecule has 4 aromatic rings. The number of ether oxygens (including phenoxy) is 2. The molecule has 0 spiro atoms. The largest absolute Gasteiger partial charge is 0.486 e. The predicted molar refractivity (Wildman–Crippen MR) is 114 cm³/mol. The number of nitrogens with zero attached hydrogens (tertiary/aromatic N) is 2. The molecule has 0 unspecified atom stereocenters. The number of benzene rings is 3. The second kappa shape index (κ2) is 8.28. The average molecular weight is 438 g/mol. The van der Waals surface area contributed by atoms with Crippen molar-refractivity contribution in [3.63, 3.8) is 0 Å². The van der Waals surface area contributed by atoms with Gasteiger partial charge in [-0.25, -0.2) is 4.39 Å². The first kappa shape index (κ1) is 19.4. The van der Waals surface area contributed by atoms with Crippen LogP contribution in [0.2, 0.25) is 5.02 Å². The molecule has 0 bridgehead atoms. The van der Waals surface area contributed by atoms with Crippen molar-refractivity contribution in [2.45, 2.75) is 6.04 Å². The summed E-state index contributed by atoms with van der Waals surface area (Å²) in [5.41, 5.74) is 2.12. The number of nitrogens with one attached hydrogen (secondary N) is 1. The van der Waals surface area contributed by atoms with E-state index in [4.69, 9.17) is 25.5 Å². The van der Waals surface area contributed by atoms with Crippen LogP contribution in [0.4, 0.5) is 10.1 Å². The van der Waals surface area contributed by atoms with Gasteiger partial charge in [0.15, 0.2) is 11.5 Å². The molecule has 0 aliphatic carbocycles. The van der Waals surface area contributed by atoms with E-state index in [0.717, 1.165) is 11.3 Å². The zero-order valence-corrected chi connectivity index (χ0v) is 17.0. The van der Waals surface area contributed by atoms with E-state index in [-0.39, 0.29) is 5.02 Å². The van der Waals surface area contributed by atoms with Gasteiger partial charge in [0.1, 0.15) is 25.1 Å². The minimum Gasteiger partial charge on any atom is -0.486 e. The molecule has 2 heterocycles. The number of halogens is 2. The normalized spacial score (nSPS) is 13.6. The fraction of sp³-hybridized carbons (Fsp3) is 0.130. The monoisotopic (exact) mass is 437 g/mol. The number of anilines is 1. The van der Waals surface area contributed by atoms with Crippen LogP contribution in [-0.4, -0.2) is 23.4 Å². The van der Waals surface area contributed by atoms with Gasteiger partial charge in [-0.2, -0.15) is 0 Å². The highest BCUT2D eigenvalue weighted by Gasteiger charge is 2.25. The Morgan fingerprint density at radius 3 is 2.52 bits per heavy atom. The van der Waals surface area contributed by atoms with Gasteiger partial charge in [-0.1, -0.05) is 35.9 Å². The standard InChI is InChI=1S/C23H17ClFN3O3/c24-18-12-15(25)6-8-17(18)21(23-28-27-22(31-23)14-4-2-1-3-5-14)26-16-7-9-19-20(13-16)30-11-10-29-19/h1-9,12-13,21,26H,10-11H2/t21-/m0/s1. The van der Waals surface area contributed by atoms with E-state index in [0.29, 0.717) is 42.1 Å². The minimum absolute atomic E-state index is 0.245. The topological polar surface area (TPSA) is 69.4 Å². The second-order valence-corrected chi connectivity index (χ2v) is 7.32. The van der Waals surface area contributed by atoms with Crippen molar-refractivity contribution in [1.29, 1.82) is 0 Å². The molecule has 1 atom stereocenters. The summed E-state index contributed by atoms with van der Waals surface area (Å²) >= 11 is 6.37. The summed E-state index contributed by atoms with van der Waals surface area (Å²) in [4.78, 5) is 0. The average Bonchev–Trinajstić information content (AvgIpc) is 3.28. The predicted octanol–water partition coefficient (Wildman–Crippen LogP) is 5.50. The molecule has 1 aliphatic heterocycles. The lowest BCUT2D eigenvalue weighted by Crippen LogP contribution is -2.17. The third-order valence-corrected chi connectivity index (χ3v) is 5.16. The van der Waals surface area contributed by atoms with Crippen LogP contribution in [0.5, 0.6) is 11.5 Å². The van der Waals surface area contributed by atoms with Crippen LogP contribution in [0.25, 0.3) is 11.5 Å². The van der Waals surface area contributed by atoms with E-state index in [1.54, 1.807) is 6.07 Å². The Kier molecular flexibility index (Phi) is 5.18. The third-order valence-electron chi connectivity index (χ3n) is 4.84. The molecule has 156 valence electrons. The van der Waals surface area contributed by atoms with E-state index in [1.165, 1.54) is 12.1 Å². The summed E-state index contributed by atoms with van der Waals surface area (Å²) in [6.45, 7) is 0.992. The van der Waals surface area contributed by atoms with E-state index < -0.39 is 11.9 Å². The maximum Gasteiger partial charge on any atom is 0.247 e. The number of fused-ring (bicyclic) bond motifs is 1. The van der Waals surface area contributed by atoms with Crippen LogP contribution >= 0.6 is 11.6 Å². The highest BCUT2D eigenvalue weighted by molar-refractivity contribution is 6.31. The molecule has 0 amide bonds. The van der Waals surface area contributed by atoms with E-state index in [2.05, 4.69) is 15.5 Å². The van der Waals surface area contributed by atoms with Crippen molar-refractivity contribution in [1.82, 2.24) is 10.2 Å². The Hall–Kier alpha value is -3.58. The molecule has 0 saturated heterocycles. The molecule has 3 aromatic carbocycles. The van der Waals surface area contributed by atoms with Crippen molar-refractivity contribution >= 4 is 17.3 Å². The van der Waals surface area contributed by atoms with Crippen molar-refractivity contribution < 1.29 is 18.3 Å². The fourth-order valence-electron chi connectivity index (χ4n) is 3.36. The quantitative estimate of drug-likeness (QED) is 0.444. The summed E-state index contributed by atoms with van der Waals surface area (Å²) in [5.74, 6) is 1.56. The van der Waals surface area contributed by atoms with Crippen LogP contribution in [0, 0.1) is 5.82 Å². The van der Waals surface area contributed by atoms with Gasteiger partial charge in [-0.05, 0) is 36.4 Å². The lowest BCUT2D eigenvalue weighted by atomic mass is 10.1. The zero-order valence-electron chi connectivity index (χ0n) is 16.2. The maximum absolute atomic E-state index is 13.7. The van der Waals surface area contributed by atoms with E-state index in [1.807, 2.05) is 48.5 Å². The molecular weight excluding hydrogens is 421 g/mol. The molecule has 5 rings (SSSR count). The molecule has 1 aromatic heterocycles. The smallest absolute Gasteiger partial charge is 0.247 e. The molecule has 1 aliphatic rings. The van der Waals surface area contributed by atoms with Crippen molar-refractivity contribution in [2.24, 2.45) is 0 Å². The Labute approximate surface area is 182 Å². The maximum atomic E-state index is 13.7. The van der Waals surface area contributed by atoms with Crippen LogP contribution in [-0.2, 0) is 0 Å². The zero-order chi connectivity index (χ0) is 21.2. The van der Waals surface area contributed by atoms with Gasteiger partial charge in [0.25, 0.3) is 0 Å². The Balaban J connectivity index is 1.53. The molecular formula is C23H17ClFN3O3. The van der Waals surface area contributed by atoms with E-state index in [9.17, 15) is 4.39 Å².